The molecule has 3 aromatic carbocycles. The Kier molecular flexibility index (Phi) is 8.69. The number of hydrogen-bond acceptors (Lipinski definition) is 5. The Morgan fingerprint density at radius 2 is 1.47 bits per heavy atom. The Labute approximate surface area is 188 Å². The number of carbonyl (C=O) groups excluding carboxylic acids is 2. The van der Waals surface area contributed by atoms with Crippen molar-refractivity contribution in [2.45, 2.75) is 25.5 Å². The minimum absolute atomic E-state index is 0.136. The van der Waals surface area contributed by atoms with Gasteiger partial charge < -0.3 is 19.5 Å². The first-order valence-electron chi connectivity index (χ1n) is 10.4. The van der Waals surface area contributed by atoms with Crippen LogP contribution in [0, 0.1) is 0 Å². The number of benzene rings is 3. The van der Waals surface area contributed by atoms with E-state index in [0.717, 1.165) is 22.4 Å². The van der Waals surface area contributed by atoms with Crippen LogP contribution in [-0.4, -0.2) is 31.8 Å². The highest BCUT2D eigenvalue weighted by molar-refractivity contribution is 5.81. The molecule has 1 unspecified atom stereocenters. The Morgan fingerprint density at radius 1 is 0.812 bits per heavy atom. The van der Waals surface area contributed by atoms with E-state index in [1.807, 2.05) is 84.9 Å². The summed E-state index contributed by atoms with van der Waals surface area (Å²) >= 11 is 0. The van der Waals surface area contributed by atoms with Crippen LogP contribution in [0.3, 0.4) is 0 Å². The molecule has 0 saturated heterocycles. The van der Waals surface area contributed by atoms with Crippen molar-refractivity contribution in [1.29, 1.82) is 0 Å². The van der Waals surface area contributed by atoms with Crippen molar-refractivity contribution < 1.29 is 23.8 Å². The molecule has 166 valence electrons. The Morgan fingerprint density at radius 3 is 2.16 bits per heavy atom. The van der Waals surface area contributed by atoms with Gasteiger partial charge in [0.1, 0.15) is 18.4 Å². The number of rotatable bonds is 10. The van der Waals surface area contributed by atoms with Gasteiger partial charge in [-0.3, -0.25) is 0 Å². The van der Waals surface area contributed by atoms with Crippen molar-refractivity contribution in [2.24, 2.45) is 0 Å². The third kappa shape index (κ3) is 7.47. The summed E-state index contributed by atoms with van der Waals surface area (Å²) < 4.78 is 15.9. The summed E-state index contributed by atoms with van der Waals surface area (Å²) in [4.78, 5) is 25.1. The van der Waals surface area contributed by atoms with Gasteiger partial charge in [0.25, 0.3) is 0 Å². The molecule has 0 radical (unpaired) electrons. The average molecular weight is 434 g/mol. The lowest BCUT2D eigenvalue weighted by Gasteiger charge is -2.18. The molecule has 0 aliphatic carbocycles. The third-order valence-electron chi connectivity index (χ3n) is 4.84. The standard InChI is InChI=1S/C26H27NO5/c1-30-23-14-8-13-21(17-23)15-16-31-26(29)27-24(18-20-9-4-2-5-10-20)25(28)32-19-22-11-6-3-7-12-22/h2-14,17,24H,15-16,18-19H2,1H3,(H,27,29). The van der Waals surface area contributed by atoms with E-state index in [1.165, 1.54) is 0 Å². The van der Waals surface area contributed by atoms with Crippen LogP contribution >= 0.6 is 0 Å². The number of methoxy groups -OCH3 is 1. The third-order valence-corrected chi connectivity index (χ3v) is 4.84. The summed E-state index contributed by atoms with van der Waals surface area (Å²) in [6, 6.07) is 25.6. The minimum Gasteiger partial charge on any atom is -0.497 e. The molecule has 0 spiro atoms. The fourth-order valence-corrected chi connectivity index (χ4v) is 3.15. The van der Waals surface area contributed by atoms with E-state index < -0.39 is 18.1 Å². The highest BCUT2D eigenvalue weighted by Gasteiger charge is 2.23. The van der Waals surface area contributed by atoms with E-state index in [9.17, 15) is 9.59 Å². The molecule has 0 heterocycles. The lowest BCUT2D eigenvalue weighted by atomic mass is 10.1. The molecule has 0 bridgehead atoms. The summed E-state index contributed by atoms with van der Waals surface area (Å²) in [7, 11) is 1.60. The minimum atomic E-state index is -0.856. The van der Waals surface area contributed by atoms with Crippen molar-refractivity contribution in [2.75, 3.05) is 13.7 Å². The first-order valence-corrected chi connectivity index (χ1v) is 10.4. The van der Waals surface area contributed by atoms with Gasteiger partial charge in [-0.2, -0.15) is 0 Å². The number of esters is 1. The maximum absolute atomic E-state index is 12.7. The number of hydrogen-bond donors (Lipinski definition) is 1. The molecule has 1 N–H and O–H groups in total. The van der Waals surface area contributed by atoms with Crippen LogP contribution in [0.5, 0.6) is 5.75 Å². The summed E-state index contributed by atoms with van der Waals surface area (Å²) in [5, 5.41) is 2.65. The van der Waals surface area contributed by atoms with Gasteiger partial charge in [0, 0.05) is 12.8 Å². The first kappa shape index (κ1) is 22.9. The fraction of sp³-hybridized carbons (Fsp3) is 0.231. The zero-order valence-corrected chi connectivity index (χ0v) is 18.0. The maximum atomic E-state index is 12.7. The zero-order chi connectivity index (χ0) is 22.6. The number of alkyl carbamates (subject to hydrolysis) is 1. The zero-order valence-electron chi connectivity index (χ0n) is 18.0. The van der Waals surface area contributed by atoms with Gasteiger partial charge in [-0.25, -0.2) is 9.59 Å². The molecular weight excluding hydrogens is 406 g/mol. The second kappa shape index (κ2) is 12.2. The van der Waals surface area contributed by atoms with Crippen LogP contribution in [0.15, 0.2) is 84.9 Å². The molecule has 0 aliphatic rings. The normalized spacial score (nSPS) is 11.3. The SMILES string of the molecule is COc1cccc(CCOC(=O)NC(Cc2ccccc2)C(=O)OCc2ccccc2)c1. The number of carbonyl (C=O) groups is 2. The summed E-state index contributed by atoms with van der Waals surface area (Å²) in [6.07, 6.45) is 0.178. The topological polar surface area (TPSA) is 73.9 Å². The van der Waals surface area contributed by atoms with Crippen molar-refractivity contribution in [3.05, 3.63) is 102 Å². The van der Waals surface area contributed by atoms with Gasteiger partial charge in [-0.15, -0.1) is 0 Å². The highest BCUT2D eigenvalue weighted by atomic mass is 16.6. The van der Waals surface area contributed by atoms with Gasteiger partial charge in [0.05, 0.1) is 13.7 Å². The van der Waals surface area contributed by atoms with Gasteiger partial charge in [-0.05, 0) is 28.8 Å². The highest BCUT2D eigenvalue weighted by Crippen LogP contribution is 2.13. The molecule has 0 aromatic heterocycles. The van der Waals surface area contributed by atoms with E-state index >= 15 is 0 Å². The quantitative estimate of drug-likeness (QED) is 0.482. The molecule has 6 heteroatoms. The predicted molar refractivity (Wildman–Crippen MR) is 121 cm³/mol. The lowest BCUT2D eigenvalue weighted by Crippen LogP contribution is -2.43. The van der Waals surface area contributed by atoms with Crippen LogP contribution in [0.25, 0.3) is 0 Å². The Bertz CT molecular complexity index is 991. The molecule has 0 aliphatic heterocycles. The van der Waals surface area contributed by atoms with Crippen molar-refractivity contribution in [3.63, 3.8) is 0 Å². The van der Waals surface area contributed by atoms with Gasteiger partial charge in [0.2, 0.25) is 0 Å². The Balaban J connectivity index is 1.55. The molecule has 6 nitrogen and oxygen atoms in total. The molecule has 1 amide bonds. The van der Waals surface area contributed by atoms with E-state index in [2.05, 4.69) is 5.32 Å². The van der Waals surface area contributed by atoms with E-state index in [0.29, 0.717) is 12.8 Å². The smallest absolute Gasteiger partial charge is 0.407 e. The van der Waals surface area contributed by atoms with Crippen molar-refractivity contribution in [3.8, 4) is 5.75 Å². The number of amides is 1. The van der Waals surface area contributed by atoms with Crippen molar-refractivity contribution >= 4 is 12.1 Å². The Hall–Kier alpha value is -3.80. The summed E-state index contributed by atoms with van der Waals surface area (Å²) in [5.41, 5.74) is 2.77. The lowest BCUT2D eigenvalue weighted by molar-refractivity contribution is -0.147. The summed E-state index contributed by atoms with van der Waals surface area (Å²) in [5.74, 6) is 0.235. The van der Waals surface area contributed by atoms with Gasteiger partial charge in [-0.1, -0.05) is 72.8 Å². The molecule has 0 saturated carbocycles. The van der Waals surface area contributed by atoms with Crippen molar-refractivity contribution in [1.82, 2.24) is 5.32 Å². The van der Waals surface area contributed by atoms with Crippen LogP contribution < -0.4 is 10.1 Å². The molecule has 3 rings (SSSR count). The average Bonchev–Trinajstić information content (AvgIpc) is 2.83. The van der Waals surface area contributed by atoms with E-state index in [-0.39, 0.29) is 13.2 Å². The largest absolute Gasteiger partial charge is 0.497 e. The second-order valence-corrected chi connectivity index (χ2v) is 7.22. The predicted octanol–water partition coefficient (Wildman–Crippen LogP) is 4.32. The number of nitrogens with one attached hydrogen (secondary N) is 1. The van der Waals surface area contributed by atoms with Crippen LogP contribution in [0.2, 0.25) is 0 Å². The molecular formula is C26H27NO5. The van der Waals surface area contributed by atoms with Gasteiger partial charge >= 0.3 is 12.1 Å². The van der Waals surface area contributed by atoms with E-state index in [1.54, 1.807) is 7.11 Å². The van der Waals surface area contributed by atoms with E-state index in [4.69, 9.17) is 14.2 Å². The number of ether oxygens (including phenoxy) is 3. The molecule has 1 atom stereocenters. The fourth-order valence-electron chi connectivity index (χ4n) is 3.15. The van der Waals surface area contributed by atoms with Crippen LogP contribution in [0.1, 0.15) is 16.7 Å². The second-order valence-electron chi connectivity index (χ2n) is 7.22. The molecule has 0 fully saturated rings. The first-order chi connectivity index (χ1) is 15.6. The van der Waals surface area contributed by atoms with Crippen LogP contribution in [-0.2, 0) is 33.7 Å². The van der Waals surface area contributed by atoms with Gasteiger partial charge in [0.15, 0.2) is 0 Å². The summed E-state index contributed by atoms with van der Waals surface area (Å²) in [6.45, 7) is 0.313. The van der Waals surface area contributed by atoms with Crippen LogP contribution in [0.4, 0.5) is 4.79 Å². The maximum Gasteiger partial charge on any atom is 0.407 e. The monoisotopic (exact) mass is 433 g/mol. The molecule has 3 aromatic rings. The molecule has 32 heavy (non-hydrogen) atoms.